The van der Waals surface area contributed by atoms with E-state index in [2.05, 4.69) is 20.9 Å². The number of hydrogen-bond donors (Lipinski definition) is 2. The molecule has 0 amide bonds. The number of carboxylic acids is 2. The molecule has 0 spiro atoms. The van der Waals surface area contributed by atoms with Gasteiger partial charge in [-0.2, -0.15) is 0 Å². The molecule has 1 heterocycles. The number of ketones is 2. The van der Waals surface area contributed by atoms with Crippen LogP contribution in [0.2, 0.25) is 0 Å². The second kappa shape index (κ2) is 11.3. The fourth-order valence-corrected chi connectivity index (χ4v) is 4.07. The summed E-state index contributed by atoms with van der Waals surface area (Å²) in [5.41, 5.74) is -2.34. The molecule has 1 aliphatic carbocycles. The van der Waals surface area contributed by atoms with Crippen LogP contribution in [0, 0.1) is 5.41 Å². The average Bonchev–Trinajstić information content (AvgIpc) is 2.72. The molecule has 1 fully saturated rings. The Labute approximate surface area is 183 Å². The number of ether oxygens (including phenoxy) is 1. The Morgan fingerprint density at radius 3 is 2.40 bits per heavy atom. The highest BCUT2D eigenvalue weighted by atomic mass is 79.9. The van der Waals surface area contributed by atoms with Crippen LogP contribution in [0.3, 0.4) is 0 Å². The normalized spacial score (nSPS) is 16.6. The predicted molar refractivity (Wildman–Crippen MR) is 110 cm³/mol. The van der Waals surface area contributed by atoms with Crippen LogP contribution in [-0.2, 0) is 19.1 Å². The maximum atomic E-state index is 13.2. The van der Waals surface area contributed by atoms with Gasteiger partial charge in [-0.05, 0) is 47.7 Å². The van der Waals surface area contributed by atoms with Crippen LogP contribution >= 0.6 is 15.9 Å². The van der Waals surface area contributed by atoms with Crippen molar-refractivity contribution in [2.75, 3.05) is 6.61 Å². The van der Waals surface area contributed by atoms with Crippen LogP contribution in [0.25, 0.3) is 0 Å². The lowest BCUT2D eigenvalue weighted by molar-refractivity contribution is -0.154. The summed E-state index contributed by atoms with van der Waals surface area (Å²) in [7, 11) is 0. The first-order chi connectivity index (χ1) is 14.3. The van der Waals surface area contributed by atoms with E-state index in [0.29, 0.717) is 4.47 Å². The zero-order chi connectivity index (χ0) is 22.1. The number of carboxylic acid groups (broad SMARTS) is 2. The van der Waals surface area contributed by atoms with Crippen molar-refractivity contribution in [2.24, 2.45) is 5.41 Å². The van der Waals surface area contributed by atoms with Gasteiger partial charge in [0, 0.05) is 28.9 Å². The number of aromatic nitrogens is 1. The van der Waals surface area contributed by atoms with Crippen LogP contribution in [-0.4, -0.2) is 51.4 Å². The smallest absolute Gasteiger partial charge is 0.325 e. The molecule has 8 nitrogen and oxygen atoms in total. The van der Waals surface area contributed by atoms with E-state index in [0.717, 1.165) is 32.1 Å². The summed E-state index contributed by atoms with van der Waals surface area (Å²) in [5, 5.41) is 18.8. The van der Waals surface area contributed by atoms with Crippen LogP contribution in [0.5, 0.6) is 0 Å². The number of nitrogens with zero attached hydrogens (tertiary/aromatic N) is 1. The lowest BCUT2D eigenvalue weighted by Crippen LogP contribution is -2.48. The summed E-state index contributed by atoms with van der Waals surface area (Å²) in [6, 6.07) is 1.42. The maximum Gasteiger partial charge on any atom is 0.325 e. The van der Waals surface area contributed by atoms with Crippen molar-refractivity contribution in [1.29, 1.82) is 0 Å². The molecule has 2 rings (SSSR count). The molecule has 1 saturated carbocycles. The second-order valence-electron chi connectivity index (χ2n) is 7.53. The van der Waals surface area contributed by atoms with Crippen molar-refractivity contribution < 1.29 is 34.1 Å². The standard InChI is InChI=1S/C21H26BrNO7/c22-15-10-14(11-23-12-15)19(27)21(20(28)29,9-5-4-8-18(25)26)17(24)13-30-16-6-2-1-3-7-16/h10-12,16H,1-9,13H2,(H,25,26)(H,28,29). The van der Waals surface area contributed by atoms with Gasteiger partial charge < -0.3 is 14.9 Å². The number of carbonyl (C=O) groups excluding carboxylic acids is 2. The van der Waals surface area contributed by atoms with Gasteiger partial charge in [0.1, 0.15) is 6.61 Å². The van der Waals surface area contributed by atoms with E-state index < -0.39 is 35.5 Å². The van der Waals surface area contributed by atoms with Gasteiger partial charge in [0.25, 0.3) is 0 Å². The molecule has 0 aromatic carbocycles. The minimum absolute atomic E-state index is 0.00368. The molecular formula is C21H26BrNO7. The third-order valence-electron chi connectivity index (χ3n) is 5.39. The number of aliphatic carboxylic acids is 2. The summed E-state index contributed by atoms with van der Waals surface area (Å²) in [5.74, 6) is -4.26. The fraction of sp³-hybridized carbons (Fsp3) is 0.571. The summed E-state index contributed by atoms with van der Waals surface area (Å²) in [4.78, 5) is 53.3. The first-order valence-electron chi connectivity index (χ1n) is 10.0. The lowest BCUT2D eigenvalue weighted by atomic mass is 9.73. The number of carbonyl (C=O) groups is 4. The Hall–Kier alpha value is -2.13. The Morgan fingerprint density at radius 2 is 1.80 bits per heavy atom. The quantitative estimate of drug-likeness (QED) is 0.261. The maximum absolute atomic E-state index is 13.2. The van der Waals surface area contributed by atoms with E-state index in [4.69, 9.17) is 9.84 Å². The Bertz CT molecular complexity index is 791. The number of hydrogen-bond acceptors (Lipinski definition) is 6. The molecule has 0 aliphatic heterocycles. The van der Waals surface area contributed by atoms with Crippen LogP contribution < -0.4 is 0 Å². The van der Waals surface area contributed by atoms with Crippen LogP contribution in [0.1, 0.15) is 68.1 Å². The van der Waals surface area contributed by atoms with E-state index in [1.165, 1.54) is 18.5 Å². The number of rotatable bonds is 12. The number of Topliss-reactive ketones (excluding diaryl/α,β-unsaturated/α-hetero) is 2. The molecule has 9 heteroatoms. The second-order valence-corrected chi connectivity index (χ2v) is 8.44. The van der Waals surface area contributed by atoms with E-state index in [9.17, 15) is 24.3 Å². The van der Waals surface area contributed by atoms with Crippen molar-refractivity contribution in [3.63, 3.8) is 0 Å². The van der Waals surface area contributed by atoms with E-state index in [1.807, 2.05) is 0 Å². The minimum atomic E-state index is -2.34. The molecule has 1 atom stereocenters. The van der Waals surface area contributed by atoms with Gasteiger partial charge in [-0.1, -0.05) is 25.7 Å². The van der Waals surface area contributed by atoms with Crippen molar-refractivity contribution in [1.82, 2.24) is 4.98 Å². The Kier molecular flexibility index (Phi) is 9.10. The third-order valence-corrected chi connectivity index (χ3v) is 5.82. The number of unbranched alkanes of at least 4 members (excludes halogenated alkanes) is 1. The van der Waals surface area contributed by atoms with Gasteiger partial charge >= 0.3 is 11.9 Å². The molecule has 164 valence electrons. The van der Waals surface area contributed by atoms with Crippen molar-refractivity contribution >= 4 is 39.4 Å². The van der Waals surface area contributed by atoms with Gasteiger partial charge in [0.05, 0.1) is 6.10 Å². The molecule has 0 radical (unpaired) electrons. The lowest BCUT2D eigenvalue weighted by Gasteiger charge is -2.28. The minimum Gasteiger partial charge on any atom is -0.481 e. The SMILES string of the molecule is O=C(O)CCCCC(C(=O)O)(C(=O)COC1CCCCC1)C(=O)c1cncc(Br)c1. The van der Waals surface area contributed by atoms with Crippen molar-refractivity contribution in [3.8, 4) is 0 Å². The zero-order valence-corrected chi connectivity index (χ0v) is 18.2. The van der Waals surface area contributed by atoms with Gasteiger partial charge in [0.2, 0.25) is 0 Å². The first kappa shape index (κ1) is 24.1. The highest BCUT2D eigenvalue weighted by Gasteiger charge is 2.52. The van der Waals surface area contributed by atoms with E-state index >= 15 is 0 Å². The van der Waals surface area contributed by atoms with E-state index in [-0.39, 0.29) is 37.4 Å². The predicted octanol–water partition coefficient (Wildman–Crippen LogP) is 3.66. The molecular weight excluding hydrogens is 458 g/mol. The fourth-order valence-electron chi connectivity index (χ4n) is 3.70. The number of halogens is 1. The van der Waals surface area contributed by atoms with Crippen molar-refractivity contribution in [2.45, 2.75) is 63.9 Å². The topological polar surface area (TPSA) is 131 Å². The zero-order valence-electron chi connectivity index (χ0n) is 16.6. The van der Waals surface area contributed by atoms with Crippen LogP contribution in [0.4, 0.5) is 0 Å². The monoisotopic (exact) mass is 483 g/mol. The molecule has 0 bridgehead atoms. The molecule has 1 aliphatic rings. The molecule has 2 N–H and O–H groups in total. The molecule has 1 unspecified atom stereocenters. The Balaban J connectivity index is 2.27. The van der Waals surface area contributed by atoms with Gasteiger partial charge in [-0.15, -0.1) is 0 Å². The largest absolute Gasteiger partial charge is 0.481 e. The molecule has 1 aromatic heterocycles. The van der Waals surface area contributed by atoms with E-state index in [1.54, 1.807) is 0 Å². The summed E-state index contributed by atoms with van der Waals surface area (Å²) in [6.45, 7) is -0.469. The summed E-state index contributed by atoms with van der Waals surface area (Å²) >= 11 is 3.20. The molecule has 30 heavy (non-hydrogen) atoms. The highest BCUT2D eigenvalue weighted by Crippen LogP contribution is 2.33. The third kappa shape index (κ3) is 6.18. The van der Waals surface area contributed by atoms with Gasteiger partial charge in [-0.25, -0.2) is 0 Å². The van der Waals surface area contributed by atoms with Gasteiger partial charge in [0.15, 0.2) is 17.0 Å². The molecule has 1 aromatic rings. The van der Waals surface area contributed by atoms with Crippen molar-refractivity contribution in [3.05, 3.63) is 28.5 Å². The summed E-state index contributed by atoms with van der Waals surface area (Å²) < 4.78 is 6.15. The summed E-state index contributed by atoms with van der Waals surface area (Å²) in [6.07, 6.45) is 7.01. The average molecular weight is 484 g/mol. The Morgan fingerprint density at radius 1 is 1.10 bits per heavy atom. The van der Waals surface area contributed by atoms with Gasteiger partial charge in [-0.3, -0.25) is 24.2 Å². The first-order valence-corrected chi connectivity index (χ1v) is 10.8. The van der Waals surface area contributed by atoms with Crippen LogP contribution in [0.15, 0.2) is 22.9 Å². The molecule has 0 saturated heterocycles. The highest BCUT2D eigenvalue weighted by molar-refractivity contribution is 9.10. The number of pyridine rings is 1.